The maximum atomic E-state index is 12.7. The molecule has 0 saturated carbocycles. The van der Waals surface area contributed by atoms with Crippen molar-refractivity contribution in [2.75, 3.05) is 12.4 Å². The van der Waals surface area contributed by atoms with Gasteiger partial charge in [0, 0.05) is 49.0 Å². The van der Waals surface area contributed by atoms with Gasteiger partial charge in [-0.25, -0.2) is 4.98 Å². The summed E-state index contributed by atoms with van der Waals surface area (Å²) in [7, 11) is 3.98. The lowest BCUT2D eigenvalue weighted by atomic mass is 10.0. The number of hydrogen-bond acceptors (Lipinski definition) is 4. The molecule has 0 atom stereocenters. The van der Waals surface area contributed by atoms with Gasteiger partial charge in [0.05, 0.1) is 6.20 Å². The highest BCUT2D eigenvalue weighted by Gasteiger charge is 2.17. The van der Waals surface area contributed by atoms with Gasteiger partial charge in [0.25, 0.3) is 5.91 Å². The zero-order chi connectivity index (χ0) is 20.0. The van der Waals surface area contributed by atoms with Gasteiger partial charge < -0.3 is 5.32 Å². The summed E-state index contributed by atoms with van der Waals surface area (Å²) < 4.78 is 1.78. The molecule has 1 aliphatic rings. The molecule has 2 aromatic carbocycles. The first kappa shape index (κ1) is 17.6. The van der Waals surface area contributed by atoms with Gasteiger partial charge in [-0.15, -0.1) is 0 Å². The molecule has 29 heavy (non-hydrogen) atoms. The van der Waals surface area contributed by atoms with E-state index >= 15 is 0 Å². The van der Waals surface area contributed by atoms with Crippen molar-refractivity contribution in [3.8, 4) is 11.1 Å². The van der Waals surface area contributed by atoms with Crippen molar-refractivity contribution in [1.82, 2.24) is 19.7 Å². The Kier molecular flexibility index (Phi) is 4.14. The van der Waals surface area contributed by atoms with Crippen LogP contribution in [-0.2, 0) is 20.1 Å². The van der Waals surface area contributed by atoms with E-state index < -0.39 is 0 Å². The topological polar surface area (TPSA) is 63.1 Å². The minimum absolute atomic E-state index is 0.141. The lowest BCUT2D eigenvalue weighted by Gasteiger charge is -2.08. The third-order valence-corrected chi connectivity index (χ3v) is 5.35. The first-order valence-corrected chi connectivity index (χ1v) is 9.56. The SMILES string of the molecule is CN1Cc2ccc(C(=O)Nc3cc4cc(-c5cnn(C)c5)ccc4cn3)cc2C1. The second-order valence-corrected chi connectivity index (χ2v) is 7.64. The zero-order valence-electron chi connectivity index (χ0n) is 16.4. The zero-order valence-corrected chi connectivity index (χ0v) is 16.4. The lowest BCUT2D eigenvalue weighted by Crippen LogP contribution is -2.13. The molecule has 6 nitrogen and oxygen atoms in total. The van der Waals surface area contributed by atoms with Gasteiger partial charge in [-0.1, -0.05) is 18.2 Å². The van der Waals surface area contributed by atoms with Crippen LogP contribution >= 0.6 is 0 Å². The molecule has 0 saturated heterocycles. The van der Waals surface area contributed by atoms with Gasteiger partial charge in [-0.3, -0.25) is 14.4 Å². The number of aryl methyl sites for hydroxylation is 1. The predicted octanol–water partition coefficient (Wildman–Crippen LogP) is 3.83. The van der Waals surface area contributed by atoms with Crippen molar-refractivity contribution in [2.45, 2.75) is 13.1 Å². The average molecular weight is 383 g/mol. The predicted molar refractivity (Wildman–Crippen MR) is 114 cm³/mol. The van der Waals surface area contributed by atoms with Crippen molar-refractivity contribution < 1.29 is 4.79 Å². The molecule has 0 spiro atoms. The Hall–Kier alpha value is -3.51. The monoisotopic (exact) mass is 383 g/mol. The molecule has 6 heteroatoms. The minimum atomic E-state index is -0.141. The van der Waals surface area contributed by atoms with E-state index in [4.69, 9.17) is 0 Å². The fraction of sp³-hybridized carbons (Fsp3) is 0.174. The second-order valence-electron chi connectivity index (χ2n) is 7.64. The number of pyridine rings is 1. The van der Waals surface area contributed by atoms with Crippen LogP contribution in [0.2, 0.25) is 0 Å². The van der Waals surface area contributed by atoms with E-state index in [9.17, 15) is 4.79 Å². The smallest absolute Gasteiger partial charge is 0.256 e. The van der Waals surface area contributed by atoms with Crippen molar-refractivity contribution in [1.29, 1.82) is 0 Å². The van der Waals surface area contributed by atoms with Gasteiger partial charge in [-0.2, -0.15) is 5.10 Å². The van der Waals surface area contributed by atoms with Crippen LogP contribution in [0.25, 0.3) is 21.9 Å². The van der Waals surface area contributed by atoms with E-state index in [1.807, 2.05) is 49.8 Å². The molecular formula is C23H21N5O. The number of rotatable bonds is 3. The highest BCUT2D eigenvalue weighted by molar-refractivity contribution is 6.04. The van der Waals surface area contributed by atoms with Crippen LogP contribution in [0.1, 0.15) is 21.5 Å². The highest BCUT2D eigenvalue weighted by atomic mass is 16.1. The van der Waals surface area contributed by atoms with Crippen molar-refractivity contribution in [3.63, 3.8) is 0 Å². The summed E-state index contributed by atoms with van der Waals surface area (Å²) in [6.07, 6.45) is 5.61. The number of benzene rings is 2. The maximum Gasteiger partial charge on any atom is 0.256 e. The molecular weight excluding hydrogens is 362 g/mol. The molecule has 1 amide bonds. The third-order valence-electron chi connectivity index (χ3n) is 5.35. The summed E-state index contributed by atoms with van der Waals surface area (Å²) >= 11 is 0. The van der Waals surface area contributed by atoms with Crippen LogP contribution in [0.15, 0.2) is 61.1 Å². The van der Waals surface area contributed by atoms with Crippen LogP contribution in [0.4, 0.5) is 5.82 Å². The van der Waals surface area contributed by atoms with E-state index in [2.05, 4.69) is 39.5 Å². The van der Waals surface area contributed by atoms with E-state index in [0.29, 0.717) is 11.4 Å². The molecule has 0 radical (unpaired) electrons. The molecule has 0 bridgehead atoms. The number of hydrogen-bond donors (Lipinski definition) is 1. The first-order chi connectivity index (χ1) is 14.0. The van der Waals surface area contributed by atoms with Crippen LogP contribution in [0.3, 0.4) is 0 Å². The summed E-state index contributed by atoms with van der Waals surface area (Å²) in [5, 5.41) is 9.22. The normalized spacial score (nSPS) is 13.6. The summed E-state index contributed by atoms with van der Waals surface area (Å²) in [5.74, 6) is 0.404. The molecule has 4 aromatic rings. The fourth-order valence-corrected chi connectivity index (χ4v) is 3.85. The summed E-state index contributed by atoms with van der Waals surface area (Å²) in [6.45, 7) is 1.81. The largest absolute Gasteiger partial charge is 0.307 e. The van der Waals surface area contributed by atoms with Gasteiger partial charge in [0.15, 0.2) is 0 Å². The Morgan fingerprint density at radius 1 is 0.931 bits per heavy atom. The van der Waals surface area contributed by atoms with Crippen molar-refractivity contribution >= 4 is 22.5 Å². The number of fused-ring (bicyclic) bond motifs is 2. The third kappa shape index (κ3) is 3.39. The Morgan fingerprint density at radius 2 is 1.79 bits per heavy atom. The number of anilines is 1. The minimum Gasteiger partial charge on any atom is -0.307 e. The van der Waals surface area contributed by atoms with E-state index in [-0.39, 0.29) is 5.91 Å². The van der Waals surface area contributed by atoms with Crippen LogP contribution in [-0.4, -0.2) is 32.6 Å². The van der Waals surface area contributed by atoms with Gasteiger partial charge in [0.2, 0.25) is 0 Å². The van der Waals surface area contributed by atoms with Gasteiger partial charge >= 0.3 is 0 Å². The fourth-order valence-electron chi connectivity index (χ4n) is 3.85. The number of aromatic nitrogens is 3. The Balaban J connectivity index is 1.41. The summed E-state index contributed by atoms with van der Waals surface area (Å²) in [6, 6.07) is 14.0. The Bertz CT molecular complexity index is 1240. The number of nitrogens with one attached hydrogen (secondary N) is 1. The molecule has 0 fully saturated rings. The molecule has 3 heterocycles. The van der Waals surface area contributed by atoms with Crippen LogP contribution < -0.4 is 5.32 Å². The van der Waals surface area contributed by atoms with Gasteiger partial charge in [0.1, 0.15) is 5.82 Å². The highest BCUT2D eigenvalue weighted by Crippen LogP contribution is 2.26. The number of amides is 1. The molecule has 5 rings (SSSR count). The quantitative estimate of drug-likeness (QED) is 0.584. The molecule has 144 valence electrons. The van der Waals surface area contributed by atoms with Crippen LogP contribution in [0, 0.1) is 0 Å². The standard InChI is InChI=1S/C23H21N5O/c1-27-12-18-6-4-16(8-20(18)13-27)23(29)26-22-9-19-7-15(3-5-17(19)10-24-22)21-11-25-28(2)14-21/h3-11,14H,12-13H2,1-2H3,(H,24,26,29). The molecule has 0 unspecified atom stereocenters. The van der Waals surface area contributed by atoms with Gasteiger partial charge in [-0.05, 0) is 53.4 Å². The first-order valence-electron chi connectivity index (χ1n) is 9.56. The Labute approximate surface area is 168 Å². The lowest BCUT2D eigenvalue weighted by molar-refractivity contribution is 0.102. The Morgan fingerprint density at radius 3 is 2.62 bits per heavy atom. The molecule has 2 aromatic heterocycles. The van der Waals surface area contributed by atoms with Crippen LogP contribution in [0.5, 0.6) is 0 Å². The van der Waals surface area contributed by atoms with E-state index in [1.165, 1.54) is 11.1 Å². The average Bonchev–Trinajstić information content (AvgIpc) is 3.31. The van der Waals surface area contributed by atoms with E-state index in [1.54, 1.807) is 10.9 Å². The molecule has 0 aliphatic carbocycles. The second kappa shape index (κ2) is 6.83. The number of carbonyl (C=O) groups is 1. The van der Waals surface area contributed by atoms with E-state index in [0.717, 1.165) is 35.0 Å². The molecule has 1 aliphatic heterocycles. The maximum absolute atomic E-state index is 12.7. The van der Waals surface area contributed by atoms with Crippen molar-refractivity contribution in [3.05, 3.63) is 77.7 Å². The molecule has 1 N–H and O–H groups in total. The summed E-state index contributed by atoms with van der Waals surface area (Å²) in [5.41, 5.74) is 5.30. The summed E-state index contributed by atoms with van der Waals surface area (Å²) in [4.78, 5) is 19.4. The van der Waals surface area contributed by atoms with Crippen molar-refractivity contribution in [2.24, 2.45) is 7.05 Å². The number of carbonyl (C=O) groups excluding carboxylic acids is 1. The number of nitrogens with zero attached hydrogens (tertiary/aromatic N) is 4.